The number of carbonyl (C=O) groups is 2. The van der Waals surface area contributed by atoms with Crippen LogP contribution in [0.3, 0.4) is 0 Å². The number of ether oxygens (including phenoxy) is 1. The van der Waals surface area contributed by atoms with Gasteiger partial charge in [0.1, 0.15) is 6.61 Å². The Balaban J connectivity index is 1.40. The Morgan fingerprint density at radius 2 is 1.90 bits per heavy atom. The normalized spacial score (nSPS) is 50.0. The molecule has 30 heavy (non-hydrogen) atoms. The van der Waals surface area contributed by atoms with Crippen molar-refractivity contribution in [2.75, 3.05) is 6.61 Å². The lowest BCUT2D eigenvalue weighted by Gasteiger charge is -2.63. The molecule has 5 rings (SSSR count). The van der Waals surface area contributed by atoms with Crippen molar-refractivity contribution in [3.63, 3.8) is 0 Å². The first kappa shape index (κ1) is 20.3. The molecule has 4 aliphatic carbocycles. The van der Waals surface area contributed by atoms with E-state index < -0.39 is 11.7 Å². The minimum Gasteiger partial charge on any atom is -0.465 e. The number of aliphatic hydroxyl groups is 1. The van der Waals surface area contributed by atoms with Gasteiger partial charge >= 0.3 is 12.1 Å². The summed E-state index contributed by atoms with van der Waals surface area (Å²) in [5.41, 5.74) is 0.383. The van der Waals surface area contributed by atoms with E-state index in [4.69, 9.17) is 9.84 Å². The maximum absolute atomic E-state index is 12.2. The molecule has 4 fully saturated rings. The molecular formula is C24H35NO5. The van der Waals surface area contributed by atoms with Crippen molar-refractivity contribution in [1.82, 2.24) is 5.32 Å². The van der Waals surface area contributed by atoms with Gasteiger partial charge in [-0.05, 0) is 92.4 Å². The molecule has 3 N–H and O–H groups in total. The third-order valence-electron chi connectivity index (χ3n) is 10.3. The van der Waals surface area contributed by atoms with Crippen LogP contribution in [0.2, 0.25) is 0 Å². The van der Waals surface area contributed by atoms with E-state index in [1.165, 1.54) is 0 Å². The van der Waals surface area contributed by atoms with Crippen molar-refractivity contribution in [3.8, 4) is 0 Å². The molecule has 1 aliphatic heterocycles. The van der Waals surface area contributed by atoms with Crippen molar-refractivity contribution in [1.29, 1.82) is 0 Å². The lowest BCUT2D eigenvalue weighted by molar-refractivity contribution is -0.204. The van der Waals surface area contributed by atoms with E-state index in [1.54, 1.807) is 6.08 Å². The molecule has 0 bridgehead atoms. The number of esters is 1. The zero-order chi connectivity index (χ0) is 21.3. The molecule has 6 heteroatoms. The molecule has 0 aromatic rings. The SMILES string of the molecule is C[C@]12CC[C@H](NC(=O)O)C[C@H]1CC[C@@H]1[C@@H]2CC[C@]2(C)[C@@H](C3=CC(=O)OC3)CC[C@]12O. The molecule has 4 saturated carbocycles. The minimum atomic E-state index is -0.916. The van der Waals surface area contributed by atoms with Crippen molar-refractivity contribution in [2.24, 2.45) is 34.5 Å². The maximum atomic E-state index is 12.2. The summed E-state index contributed by atoms with van der Waals surface area (Å²) in [6.07, 6.45) is 9.56. The first-order valence-electron chi connectivity index (χ1n) is 11.8. The summed E-state index contributed by atoms with van der Waals surface area (Å²) in [7, 11) is 0. The molecule has 1 heterocycles. The summed E-state index contributed by atoms with van der Waals surface area (Å²) in [5.74, 6) is 1.31. The van der Waals surface area contributed by atoms with Crippen LogP contribution in [-0.4, -0.2) is 40.5 Å². The van der Waals surface area contributed by atoms with E-state index in [0.717, 1.165) is 63.4 Å². The average Bonchev–Trinajstić information content (AvgIpc) is 3.22. The van der Waals surface area contributed by atoms with Crippen LogP contribution in [-0.2, 0) is 9.53 Å². The molecule has 1 amide bonds. The monoisotopic (exact) mass is 417 g/mol. The smallest absolute Gasteiger partial charge is 0.404 e. The average molecular weight is 418 g/mol. The zero-order valence-electron chi connectivity index (χ0n) is 18.2. The number of hydrogen-bond acceptors (Lipinski definition) is 4. The Morgan fingerprint density at radius 3 is 2.60 bits per heavy atom. The van der Waals surface area contributed by atoms with Crippen molar-refractivity contribution in [3.05, 3.63) is 11.6 Å². The van der Waals surface area contributed by atoms with Crippen LogP contribution >= 0.6 is 0 Å². The Morgan fingerprint density at radius 1 is 1.10 bits per heavy atom. The van der Waals surface area contributed by atoms with E-state index >= 15 is 0 Å². The molecule has 0 spiro atoms. The largest absolute Gasteiger partial charge is 0.465 e. The van der Waals surface area contributed by atoms with E-state index in [2.05, 4.69) is 19.2 Å². The molecule has 6 nitrogen and oxygen atoms in total. The van der Waals surface area contributed by atoms with Crippen LogP contribution in [0.1, 0.15) is 71.6 Å². The zero-order valence-corrected chi connectivity index (χ0v) is 18.2. The van der Waals surface area contributed by atoms with Crippen LogP contribution in [0.4, 0.5) is 4.79 Å². The fraction of sp³-hybridized carbons (Fsp3) is 0.833. The van der Waals surface area contributed by atoms with E-state index in [9.17, 15) is 14.7 Å². The summed E-state index contributed by atoms with van der Waals surface area (Å²) < 4.78 is 5.21. The summed E-state index contributed by atoms with van der Waals surface area (Å²) in [6.45, 7) is 5.06. The number of hydrogen-bond donors (Lipinski definition) is 3. The number of carbonyl (C=O) groups excluding carboxylic acids is 1. The highest BCUT2D eigenvalue weighted by atomic mass is 16.5. The van der Waals surface area contributed by atoms with Gasteiger partial charge in [0.25, 0.3) is 0 Å². The Kier molecular flexibility index (Phi) is 4.56. The summed E-state index contributed by atoms with van der Waals surface area (Å²) in [5, 5.41) is 24.0. The van der Waals surface area contributed by atoms with Crippen LogP contribution in [0.15, 0.2) is 11.6 Å². The summed E-state index contributed by atoms with van der Waals surface area (Å²) in [6, 6.07) is 0.0665. The number of nitrogens with one attached hydrogen (secondary N) is 1. The number of carboxylic acid groups (broad SMARTS) is 1. The van der Waals surface area contributed by atoms with Crippen LogP contribution in [0.5, 0.6) is 0 Å². The fourth-order valence-corrected chi connectivity index (χ4v) is 8.72. The highest BCUT2D eigenvalue weighted by Gasteiger charge is 2.67. The molecule has 0 aromatic heterocycles. The fourth-order valence-electron chi connectivity index (χ4n) is 8.72. The Bertz CT molecular complexity index is 794. The molecule has 0 aromatic carbocycles. The first-order valence-corrected chi connectivity index (χ1v) is 11.8. The molecule has 5 aliphatic rings. The lowest BCUT2D eigenvalue weighted by Crippen LogP contribution is -2.62. The second-order valence-electron chi connectivity index (χ2n) is 11.2. The number of amides is 1. The molecule has 0 radical (unpaired) electrons. The van der Waals surface area contributed by atoms with Gasteiger partial charge in [-0.2, -0.15) is 0 Å². The van der Waals surface area contributed by atoms with Gasteiger partial charge in [-0.3, -0.25) is 0 Å². The Labute approximate surface area is 178 Å². The second-order valence-corrected chi connectivity index (χ2v) is 11.2. The molecule has 8 atom stereocenters. The van der Waals surface area contributed by atoms with E-state index in [1.807, 2.05) is 0 Å². The van der Waals surface area contributed by atoms with Gasteiger partial charge in [0.15, 0.2) is 0 Å². The van der Waals surface area contributed by atoms with Gasteiger partial charge in [0, 0.05) is 17.5 Å². The molecular weight excluding hydrogens is 382 g/mol. The molecule has 0 saturated heterocycles. The van der Waals surface area contributed by atoms with Crippen LogP contribution in [0, 0.1) is 34.5 Å². The highest BCUT2D eigenvalue weighted by Crippen LogP contribution is 2.69. The summed E-state index contributed by atoms with van der Waals surface area (Å²) in [4.78, 5) is 22.8. The van der Waals surface area contributed by atoms with Crippen molar-refractivity contribution in [2.45, 2.75) is 83.3 Å². The van der Waals surface area contributed by atoms with Gasteiger partial charge in [-0.25, -0.2) is 9.59 Å². The number of fused-ring (bicyclic) bond motifs is 5. The van der Waals surface area contributed by atoms with E-state index in [-0.39, 0.29) is 28.8 Å². The van der Waals surface area contributed by atoms with Gasteiger partial charge in [-0.1, -0.05) is 13.8 Å². The number of rotatable bonds is 2. The van der Waals surface area contributed by atoms with E-state index in [0.29, 0.717) is 24.4 Å². The van der Waals surface area contributed by atoms with Crippen molar-refractivity contribution >= 4 is 12.1 Å². The van der Waals surface area contributed by atoms with Gasteiger partial charge in [0.2, 0.25) is 0 Å². The van der Waals surface area contributed by atoms with Crippen molar-refractivity contribution < 1.29 is 24.5 Å². The van der Waals surface area contributed by atoms with Crippen LogP contribution < -0.4 is 5.32 Å². The predicted octanol–water partition coefficient (Wildman–Crippen LogP) is 3.88. The first-order chi connectivity index (χ1) is 14.2. The predicted molar refractivity (Wildman–Crippen MR) is 111 cm³/mol. The third-order valence-corrected chi connectivity index (χ3v) is 10.3. The molecule has 166 valence electrons. The Hall–Kier alpha value is -1.56. The third kappa shape index (κ3) is 2.71. The quantitative estimate of drug-likeness (QED) is 0.593. The van der Waals surface area contributed by atoms with Crippen LogP contribution in [0.25, 0.3) is 0 Å². The van der Waals surface area contributed by atoms with Gasteiger partial charge < -0.3 is 20.3 Å². The molecule has 0 unspecified atom stereocenters. The maximum Gasteiger partial charge on any atom is 0.404 e. The highest BCUT2D eigenvalue weighted by molar-refractivity contribution is 5.85. The van der Waals surface area contributed by atoms with Gasteiger partial charge in [-0.15, -0.1) is 0 Å². The lowest BCUT2D eigenvalue weighted by atomic mass is 9.43. The van der Waals surface area contributed by atoms with Gasteiger partial charge in [0.05, 0.1) is 5.60 Å². The minimum absolute atomic E-state index is 0.0665. The second kappa shape index (κ2) is 6.72. The number of cyclic esters (lactones) is 1. The summed E-state index contributed by atoms with van der Waals surface area (Å²) >= 11 is 0. The topological polar surface area (TPSA) is 95.9 Å². The standard InChI is InChI=1S/C24H35NO5/c1-22-8-5-16(25-21(27)28)12-15(22)3-4-19-18(22)6-9-23(2)17(7-10-24(19,23)29)14-11-20(26)30-13-14/h11,15-19,25,29H,3-10,12-13H2,1-2H3,(H,27,28)/t15-,16+,17-,18+,19-,22+,23-,24+/m1/s1.